The van der Waals surface area contributed by atoms with E-state index in [0.29, 0.717) is 0 Å². The predicted octanol–water partition coefficient (Wildman–Crippen LogP) is -0.887. The average Bonchev–Trinajstić information content (AvgIpc) is 3.16. The van der Waals surface area contributed by atoms with E-state index in [1.165, 1.54) is 13.3 Å². The minimum Gasteiger partial charge on any atom is -0.463 e. The van der Waals surface area contributed by atoms with Gasteiger partial charge in [0.1, 0.15) is 19.0 Å². The Labute approximate surface area is 147 Å². The van der Waals surface area contributed by atoms with Gasteiger partial charge < -0.3 is 23.7 Å². The van der Waals surface area contributed by atoms with Crippen LogP contribution in [0.1, 0.15) is 31.4 Å². The molecule has 1 aromatic rings. The first-order valence-electron chi connectivity index (χ1n) is 7.48. The van der Waals surface area contributed by atoms with Crippen molar-refractivity contribution in [1.29, 1.82) is 0 Å². The lowest BCUT2D eigenvalue weighted by molar-refractivity contribution is -0.175. The first-order chi connectivity index (χ1) is 12.3. The first kappa shape index (κ1) is 19.3. The number of rotatable bonds is 6. The molecule has 2 heterocycles. The molecule has 4 atom stereocenters. The summed E-state index contributed by atoms with van der Waals surface area (Å²) in [5, 5.41) is 5.90. The number of carbonyl (C=O) groups is 4. The molecule has 26 heavy (non-hydrogen) atoms. The molecule has 1 saturated heterocycles. The third kappa shape index (κ3) is 4.99. The molecule has 1 fully saturated rings. The Morgan fingerprint density at radius 3 is 2.23 bits per heavy atom. The summed E-state index contributed by atoms with van der Waals surface area (Å²) >= 11 is 0. The fraction of sp³-hybridized carbons (Fsp3) is 0.571. The Morgan fingerprint density at radius 1 is 1.04 bits per heavy atom. The highest BCUT2D eigenvalue weighted by Crippen LogP contribution is 2.29. The molecule has 142 valence electrons. The molecular formula is C14H17N3O9. The Balaban J connectivity index is 2.19. The summed E-state index contributed by atoms with van der Waals surface area (Å²) in [7, 11) is 0. The largest absolute Gasteiger partial charge is 0.463 e. The topological polar surface area (TPSA) is 156 Å². The second kappa shape index (κ2) is 8.38. The number of H-pyrrole nitrogens is 1. The Bertz CT molecular complexity index is 675. The maximum absolute atomic E-state index is 12.0. The first-order valence-corrected chi connectivity index (χ1v) is 7.48. The average molecular weight is 371 g/mol. The molecule has 0 amide bonds. The van der Waals surface area contributed by atoms with Gasteiger partial charge in [-0.2, -0.15) is 0 Å². The molecule has 12 heteroatoms. The van der Waals surface area contributed by atoms with Crippen LogP contribution in [0.25, 0.3) is 0 Å². The summed E-state index contributed by atoms with van der Waals surface area (Å²) in [6.45, 7) is 3.14. The van der Waals surface area contributed by atoms with Gasteiger partial charge in [0.15, 0.2) is 6.10 Å². The second-order valence-electron chi connectivity index (χ2n) is 5.22. The van der Waals surface area contributed by atoms with E-state index in [9.17, 15) is 19.2 Å². The van der Waals surface area contributed by atoms with Crippen molar-refractivity contribution in [2.24, 2.45) is 0 Å². The number of ether oxygens (including phenoxy) is 5. The van der Waals surface area contributed by atoms with E-state index in [-0.39, 0.29) is 12.4 Å². The van der Waals surface area contributed by atoms with Crippen LogP contribution in [0.15, 0.2) is 6.33 Å². The lowest BCUT2D eigenvalue weighted by Gasteiger charge is -2.22. The van der Waals surface area contributed by atoms with Crippen LogP contribution in [0.5, 0.6) is 0 Å². The van der Waals surface area contributed by atoms with Crippen LogP contribution >= 0.6 is 0 Å². The summed E-state index contributed by atoms with van der Waals surface area (Å²) in [6.07, 6.45) is -3.69. The molecule has 0 aromatic carbocycles. The van der Waals surface area contributed by atoms with Crippen LogP contribution in [0.2, 0.25) is 0 Å². The highest BCUT2D eigenvalue weighted by atomic mass is 16.8. The normalized spacial score (nSPS) is 24.6. The standard InChI is InChI=1S/C14H17N3O9/c1-6(18)22-4-9-10(23-7(2)19)11(24-8(3)20)14(25-9)26-13(21)12-15-5-16-17-12/h5,9-11,14H,4H2,1-3H3,(H,15,16,17)/t9-,10-,11-,14+/m1/s1. The highest BCUT2D eigenvalue weighted by molar-refractivity contribution is 5.85. The van der Waals surface area contributed by atoms with Crippen molar-refractivity contribution in [2.45, 2.75) is 45.4 Å². The van der Waals surface area contributed by atoms with Crippen LogP contribution in [0.4, 0.5) is 0 Å². The van der Waals surface area contributed by atoms with Crippen LogP contribution in [0, 0.1) is 0 Å². The lowest BCUT2D eigenvalue weighted by Crippen LogP contribution is -2.42. The van der Waals surface area contributed by atoms with Crippen LogP contribution < -0.4 is 0 Å². The number of aromatic nitrogens is 3. The zero-order valence-corrected chi connectivity index (χ0v) is 14.2. The van der Waals surface area contributed by atoms with Crippen LogP contribution in [0.3, 0.4) is 0 Å². The number of hydrogen-bond acceptors (Lipinski definition) is 11. The summed E-state index contributed by atoms with van der Waals surface area (Å²) in [5.41, 5.74) is 0. The van der Waals surface area contributed by atoms with Gasteiger partial charge >= 0.3 is 23.9 Å². The molecule has 1 aliphatic heterocycles. The molecular weight excluding hydrogens is 354 g/mol. The summed E-state index contributed by atoms with van der Waals surface area (Å²) in [4.78, 5) is 49.4. The van der Waals surface area contributed by atoms with Gasteiger partial charge in [-0.05, 0) is 0 Å². The van der Waals surface area contributed by atoms with Crippen molar-refractivity contribution < 1.29 is 42.9 Å². The lowest BCUT2D eigenvalue weighted by atomic mass is 10.1. The molecule has 2 rings (SSSR count). The number of carbonyl (C=O) groups excluding carboxylic acids is 4. The molecule has 0 spiro atoms. The van der Waals surface area contributed by atoms with Crippen LogP contribution in [-0.2, 0) is 38.1 Å². The Hall–Kier alpha value is -3.02. The zero-order valence-electron chi connectivity index (χ0n) is 14.2. The van der Waals surface area contributed by atoms with Crippen molar-refractivity contribution in [3.05, 3.63) is 12.2 Å². The van der Waals surface area contributed by atoms with E-state index in [4.69, 9.17) is 23.7 Å². The van der Waals surface area contributed by atoms with E-state index in [0.717, 1.165) is 13.8 Å². The molecule has 1 aliphatic rings. The van der Waals surface area contributed by atoms with Crippen molar-refractivity contribution >= 4 is 23.9 Å². The SMILES string of the molecule is CC(=O)OC[C@H]1O[C@@H](OC(=O)c2nc[nH]n2)[C@H](OC(C)=O)[C@@H]1OC(C)=O. The maximum Gasteiger partial charge on any atom is 0.380 e. The Kier molecular flexibility index (Phi) is 6.22. The quantitative estimate of drug-likeness (QED) is 0.489. The smallest absolute Gasteiger partial charge is 0.380 e. The number of nitrogens with zero attached hydrogens (tertiary/aromatic N) is 2. The predicted molar refractivity (Wildman–Crippen MR) is 78.2 cm³/mol. The molecule has 1 aromatic heterocycles. The van der Waals surface area contributed by atoms with Gasteiger partial charge in [-0.25, -0.2) is 9.78 Å². The second-order valence-corrected chi connectivity index (χ2v) is 5.22. The third-order valence-electron chi connectivity index (χ3n) is 3.14. The fourth-order valence-corrected chi connectivity index (χ4v) is 2.24. The molecule has 1 N–H and O–H groups in total. The van der Waals surface area contributed by atoms with Gasteiger partial charge in [0.2, 0.25) is 12.4 Å². The van der Waals surface area contributed by atoms with Gasteiger partial charge in [-0.1, -0.05) is 0 Å². The van der Waals surface area contributed by atoms with E-state index in [1.54, 1.807) is 0 Å². The molecule has 0 bridgehead atoms. The van der Waals surface area contributed by atoms with E-state index < -0.39 is 48.5 Å². The van der Waals surface area contributed by atoms with E-state index in [2.05, 4.69) is 15.2 Å². The molecule has 0 radical (unpaired) electrons. The fourth-order valence-electron chi connectivity index (χ4n) is 2.24. The van der Waals surface area contributed by atoms with E-state index in [1.807, 2.05) is 0 Å². The number of hydrogen-bond donors (Lipinski definition) is 1. The number of esters is 4. The molecule has 0 aliphatic carbocycles. The third-order valence-corrected chi connectivity index (χ3v) is 3.14. The monoisotopic (exact) mass is 371 g/mol. The molecule has 0 saturated carbocycles. The molecule has 0 unspecified atom stereocenters. The van der Waals surface area contributed by atoms with Crippen molar-refractivity contribution in [3.8, 4) is 0 Å². The molecule has 12 nitrogen and oxygen atoms in total. The number of nitrogens with one attached hydrogen (secondary N) is 1. The highest BCUT2D eigenvalue weighted by Gasteiger charge is 2.52. The summed E-state index contributed by atoms with van der Waals surface area (Å²) in [6, 6.07) is 0. The zero-order chi connectivity index (χ0) is 19.3. The summed E-state index contributed by atoms with van der Waals surface area (Å²) in [5.74, 6) is -3.24. The number of aromatic amines is 1. The minimum atomic E-state index is -1.42. The van der Waals surface area contributed by atoms with Gasteiger partial charge in [0.05, 0.1) is 0 Å². The van der Waals surface area contributed by atoms with Crippen LogP contribution in [-0.4, -0.2) is 70.3 Å². The van der Waals surface area contributed by atoms with E-state index >= 15 is 0 Å². The van der Waals surface area contributed by atoms with Gasteiger partial charge in [0.25, 0.3) is 5.82 Å². The van der Waals surface area contributed by atoms with Crippen molar-refractivity contribution in [3.63, 3.8) is 0 Å². The minimum absolute atomic E-state index is 0.275. The maximum atomic E-state index is 12.0. The van der Waals surface area contributed by atoms with Gasteiger partial charge in [0, 0.05) is 20.8 Å². The van der Waals surface area contributed by atoms with Crippen molar-refractivity contribution in [1.82, 2.24) is 15.2 Å². The van der Waals surface area contributed by atoms with Crippen molar-refractivity contribution in [2.75, 3.05) is 6.61 Å². The summed E-state index contributed by atoms with van der Waals surface area (Å²) < 4.78 is 25.6. The van der Waals surface area contributed by atoms with Gasteiger partial charge in [-0.15, -0.1) is 5.10 Å². The Morgan fingerprint density at radius 2 is 1.69 bits per heavy atom. The van der Waals surface area contributed by atoms with Gasteiger partial charge in [-0.3, -0.25) is 19.5 Å².